The smallest absolute Gasteiger partial charge is 0.416 e. The topological polar surface area (TPSA) is 55.3 Å². The molecule has 1 aromatic carbocycles. The first-order chi connectivity index (χ1) is 10.0. The molecule has 1 aliphatic rings. The van der Waals surface area contributed by atoms with Crippen LogP contribution in [0.3, 0.4) is 0 Å². The zero-order chi connectivity index (χ0) is 15.0. The first-order valence-electron chi connectivity index (χ1n) is 6.22. The van der Waals surface area contributed by atoms with Crippen LogP contribution < -0.4 is 4.90 Å². The average Bonchev–Trinajstić information content (AvgIpc) is 2.76. The third-order valence-electron chi connectivity index (χ3n) is 3.46. The standard InChI is InChI=1S/C14H11ClFN3O2/c1-14(9-2-4-10(16)5-3-9)8-21-13(20)19(14)11-6-7-17-12(15)18-11/h2-7H,8H2,1H3/t14-/m0/s1. The maximum absolute atomic E-state index is 13.1. The summed E-state index contributed by atoms with van der Waals surface area (Å²) in [5.74, 6) is -0.00597. The van der Waals surface area contributed by atoms with Gasteiger partial charge in [0.2, 0.25) is 5.28 Å². The Morgan fingerprint density at radius 3 is 2.71 bits per heavy atom. The highest BCUT2D eigenvalue weighted by Crippen LogP contribution is 2.37. The molecule has 0 aliphatic carbocycles. The van der Waals surface area contributed by atoms with E-state index in [0.717, 1.165) is 5.56 Å². The minimum absolute atomic E-state index is 0.0358. The van der Waals surface area contributed by atoms with Gasteiger partial charge in [0.05, 0.1) is 0 Å². The van der Waals surface area contributed by atoms with Gasteiger partial charge in [-0.25, -0.2) is 24.1 Å². The van der Waals surface area contributed by atoms with Crippen LogP contribution in [0.15, 0.2) is 36.5 Å². The fraction of sp³-hybridized carbons (Fsp3) is 0.214. The largest absolute Gasteiger partial charge is 0.446 e. The molecule has 7 heteroatoms. The summed E-state index contributed by atoms with van der Waals surface area (Å²) in [5.41, 5.74) is -0.0490. The van der Waals surface area contributed by atoms with Crippen LogP contribution in [0.5, 0.6) is 0 Å². The molecule has 1 amide bonds. The van der Waals surface area contributed by atoms with Crippen LogP contribution in [0.1, 0.15) is 12.5 Å². The normalized spacial score (nSPS) is 21.5. The predicted octanol–water partition coefficient (Wildman–Crippen LogP) is 3.14. The Labute approximate surface area is 125 Å². The van der Waals surface area contributed by atoms with Crippen LogP contribution in [-0.4, -0.2) is 22.7 Å². The summed E-state index contributed by atoms with van der Waals surface area (Å²) in [6, 6.07) is 7.49. The molecule has 5 nitrogen and oxygen atoms in total. The second-order valence-electron chi connectivity index (χ2n) is 4.85. The summed E-state index contributed by atoms with van der Waals surface area (Å²) in [6.45, 7) is 1.96. The lowest BCUT2D eigenvalue weighted by atomic mass is 9.92. The fourth-order valence-corrected chi connectivity index (χ4v) is 2.49. The number of nitrogens with zero attached hydrogens (tertiary/aromatic N) is 3. The molecule has 108 valence electrons. The molecule has 1 fully saturated rings. The number of hydrogen-bond acceptors (Lipinski definition) is 4. The molecule has 2 heterocycles. The molecule has 1 atom stereocenters. The van der Waals surface area contributed by atoms with Crippen molar-refractivity contribution in [3.8, 4) is 0 Å². The minimum Gasteiger partial charge on any atom is -0.446 e. The minimum atomic E-state index is -0.789. The van der Waals surface area contributed by atoms with Gasteiger partial charge >= 0.3 is 6.09 Å². The predicted molar refractivity (Wildman–Crippen MR) is 74.6 cm³/mol. The van der Waals surface area contributed by atoms with Crippen LogP contribution >= 0.6 is 11.6 Å². The number of carbonyl (C=O) groups is 1. The van der Waals surface area contributed by atoms with Crippen molar-refractivity contribution in [1.29, 1.82) is 0 Å². The van der Waals surface area contributed by atoms with Crippen molar-refractivity contribution in [3.63, 3.8) is 0 Å². The van der Waals surface area contributed by atoms with Crippen molar-refractivity contribution in [2.24, 2.45) is 0 Å². The first kappa shape index (κ1) is 13.8. The molecular weight excluding hydrogens is 297 g/mol. The maximum atomic E-state index is 13.1. The van der Waals surface area contributed by atoms with Crippen molar-refractivity contribution in [3.05, 3.63) is 53.2 Å². The molecule has 0 N–H and O–H groups in total. The third-order valence-corrected chi connectivity index (χ3v) is 3.64. The second-order valence-corrected chi connectivity index (χ2v) is 5.19. The van der Waals surface area contributed by atoms with Gasteiger partial charge in [-0.15, -0.1) is 0 Å². The van der Waals surface area contributed by atoms with Gasteiger partial charge in [-0.1, -0.05) is 12.1 Å². The fourth-order valence-electron chi connectivity index (χ4n) is 2.35. The molecule has 3 rings (SSSR count). The molecule has 0 unspecified atom stereocenters. The molecule has 2 aromatic rings. The molecule has 21 heavy (non-hydrogen) atoms. The van der Waals surface area contributed by atoms with Crippen LogP contribution in [0.25, 0.3) is 0 Å². The number of benzene rings is 1. The summed E-state index contributed by atoms with van der Waals surface area (Å²) >= 11 is 5.78. The van der Waals surface area contributed by atoms with Crippen molar-refractivity contribution >= 4 is 23.5 Å². The summed E-state index contributed by atoms with van der Waals surface area (Å²) in [7, 11) is 0. The van der Waals surface area contributed by atoms with Gasteiger partial charge in [0.1, 0.15) is 23.8 Å². The molecular formula is C14H11ClFN3O2. The number of carbonyl (C=O) groups excluding carboxylic acids is 1. The van der Waals surface area contributed by atoms with Gasteiger partial charge in [-0.05, 0) is 42.3 Å². The van der Waals surface area contributed by atoms with E-state index >= 15 is 0 Å². The highest BCUT2D eigenvalue weighted by atomic mass is 35.5. The zero-order valence-electron chi connectivity index (χ0n) is 11.1. The van der Waals surface area contributed by atoms with Gasteiger partial charge in [-0.2, -0.15) is 0 Å². The van der Waals surface area contributed by atoms with Gasteiger partial charge in [0.15, 0.2) is 0 Å². The molecule has 0 saturated carbocycles. The number of amides is 1. The molecule has 0 radical (unpaired) electrons. The number of hydrogen-bond donors (Lipinski definition) is 0. The van der Waals surface area contributed by atoms with Crippen molar-refractivity contribution in [2.75, 3.05) is 11.5 Å². The average molecular weight is 308 g/mol. The molecule has 1 aromatic heterocycles. The SMILES string of the molecule is C[C@@]1(c2ccc(F)cc2)COC(=O)N1c1ccnc(Cl)n1. The Hall–Kier alpha value is -2.21. The van der Waals surface area contributed by atoms with E-state index in [4.69, 9.17) is 16.3 Å². The van der Waals surface area contributed by atoms with E-state index < -0.39 is 11.6 Å². The lowest BCUT2D eigenvalue weighted by molar-refractivity contribution is 0.174. The Balaban J connectivity index is 2.08. The highest BCUT2D eigenvalue weighted by Gasteiger charge is 2.46. The van der Waals surface area contributed by atoms with Gasteiger partial charge in [-0.3, -0.25) is 0 Å². The number of rotatable bonds is 2. The quantitative estimate of drug-likeness (QED) is 0.800. The summed E-state index contributed by atoms with van der Waals surface area (Å²) < 4.78 is 18.2. The van der Waals surface area contributed by atoms with Gasteiger partial charge < -0.3 is 4.74 Å². The summed E-state index contributed by atoms with van der Waals surface area (Å²) in [4.78, 5) is 21.3. The summed E-state index contributed by atoms with van der Waals surface area (Å²) in [6.07, 6.45) is 0.929. The van der Waals surface area contributed by atoms with Crippen LogP contribution in [0.2, 0.25) is 5.28 Å². The number of ether oxygens (including phenoxy) is 1. The molecule has 1 aliphatic heterocycles. The van der Waals surface area contributed by atoms with Crippen LogP contribution in [-0.2, 0) is 10.3 Å². The van der Waals surface area contributed by atoms with Crippen molar-refractivity contribution in [2.45, 2.75) is 12.5 Å². The summed E-state index contributed by atoms with van der Waals surface area (Å²) in [5, 5.41) is 0.0358. The van der Waals surface area contributed by atoms with E-state index in [1.54, 1.807) is 18.2 Å². The lowest BCUT2D eigenvalue weighted by Crippen LogP contribution is -2.42. The number of anilines is 1. The van der Waals surface area contributed by atoms with Crippen LogP contribution in [0, 0.1) is 5.82 Å². The Bertz CT molecular complexity index is 695. The van der Waals surface area contributed by atoms with Gasteiger partial charge in [0.25, 0.3) is 0 Å². The molecule has 0 bridgehead atoms. The van der Waals surface area contributed by atoms with E-state index in [1.807, 2.05) is 6.92 Å². The lowest BCUT2D eigenvalue weighted by Gasteiger charge is -2.31. The number of halogens is 2. The van der Waals surface area contributed by atoms with Gasteiger partial charge in [0, 0.05) is 6.20 Å². The molecule has 1 saturated heterocycles. The number of aromatic nitrogens is 2. The van der Waals surface area contributed by atoms with E-state index in [1.165, 1.54) is 23.2 Å². The monoisotopic (exact) mass is 307 g/mol. The second kappa shape index (κ2) is 4.96. The van der Waals surface area contributed by atoms with Crippen LogP contribution in [0.4, 0.5) is 15.0 Å². The highest BCUT2D eigenvalue weighted by molar-refractivity contribution is 6.28. The van der Waals surface area contributed by atoms with Crippen molar-refractivity contribution < 1.29 is 13.9 Å². The third kappa shape index (κ3) is 2.31. The van der Waals surface area contributed by atoms with Crippen molar-refractivity contribution in [1.82, 2.24) is 9.97 Å². The Morgan fingerprint density at radius 1 is 1.33 bits per heavy atom. The van der Waals surface area contributed by atoms with E-state index in [2.05, 4.69) is 9.97 Å². The first-order valence-corrected chi connectivity index (χ1v) is 6.60. The van der Waals surface area contributed by atoms with E-state index in [9.17, 15) is 9.18 Å². The molecule has 0 spiro atoms. The Kier molecular flexibility index (Phi) is 3.25. The maximum Gasteiger partial charge on any atom is 0.416 e. The zero-order valence-corrected chi connectivity index (χ0v) is 11.8. The van der Waals surface area contributed by atoms with E-state index in [0.29, 0.717) is 5.82 Å². The number of cyclic esters (lactones) is 1. The Morgan fingerprint density at radius 2 is 2.05 bits per heavy atom. The van der Waals surface area contributed by atoms with E-state index in [-0.39, 0.29) is 17.7 Å².